The summed E-state index contributed by atoms with van der Waals surface area (Å²) in [6.45, 7) is 4.32. The monoisotopic (exact) mass is 264 g/mol. The number of rotatable bonds is 3. The Morgan fingerprint density at radius 2 is 2.10 bits per heavy atom. The van der Waals surface area contributed by atoms with Crippen molar-refractivity contribution in [3.63, 3.8) is 0 Å². The number of nitrogens with zero attached hydrogens (tertiary/aromatic N) is 2. The largest absolute Gasteiger partial charge is 0.300 e. The van der Waals surface area contributed by atoms with E-state index in [9.17, 15) is 4.79 Å². The van der Waals surface area contributed by atoms with Gasteiger partial charge < -0.3 is 0 Å². The Hall–Kier alpha value is -2.29. The second-order valence-electron chi connectivity index (χ2n) is 5.20. The molecule has 0 bridgehead atoms. The summed E-state index contributed by atoms with van der Waals surface area (Å²) in [4.78, 5) is 20.1. The van der Waals surface area contributed by atoms with Crippen molar-refractivity contribution in [2.75, 3.05) is 0 Å². The topological polar surface area (TPSA) is 42.3 Å². The second kappa shape index (κ2) is 5.00. The Bertz CT molecular complexity index is 717. The Morgan fingerprint density at radius 3 is 2.90 bits per heavy atom. The zero-order valence-corrected chi connectivity index (χ0v) is 11.7. The molecule has 0 spiro atoms. The Morgan fingerprint density at radius 1 is 1.25 bits per heavy atom. The summed E-state index contributed by atoms with van der Waals surface area (Å²) in [5.41, 5.74) is 6.45. The molecular weight excluding hydrogens is 248 g/mol. The molecule has 1 aromatic carbocycles. The van der Waals surface area contributed by atoms with Crippen LogP contribution in [0, 0.1) is 0 Å². The van der Waals surface area contributed by atoms with Crippen molar-refractivity contribution in [2.45, 2.75) is 26.8 Å². The highest BCUT2D eigenvalue weighted by Gasteiger charge is 2.14. The molecule has 100 valence electrons. The molecule has 0 radical (unpaired) electrons. The van der Waals surface area contributed by atoms with Gasteiger partial charge in [0.25, 0.3) is 0 Å². The number of aliphatic imine (C=N–C) groups is 1. The van der Waals surface area contributed by atoms with Crippen molar-refractivity contribution < 1.29 is 4.79 Å². The molecule has 3 heteroatoms. The maximum absolute atomic E-state index is 11.2. The number of fused-ring (bicyclic) bond motifs is 1. The van der Waals surface area contributed by atoms with Gasteiger partial charge >= 0.3 is 0 Å². The van der Waals surface area contributed by atoms with Crippen LogP contribution in [0.15, 0.2) is 41.5 Å². The van der Waals surface area contributed by atoms with Crippen molar-refractivity contribution in [2.24, 2.45) is 4.99 Å². The summed E-state index contributed by atoms with van der Waals surface area (Å²) in [6.07, 6.45) is 2.37. The molecule has 0 atom stereocenters. The van der Waals surface area contributed by atoms with Crippen LogP contribution in [-0.2, 0) is 17.8 Å². The van der Waals surface area contributed by atoms with E-state index in [-0.39, 0.29) is 5.78 Å². The molecule has 0 saturated heterocycles. The van der Waals surface area contributed by atoms with Crippen LogP contribution < -0.4 is 0 Å². The molecule has 0 N–H and O–H groups in total. The van der Waals surface area contributed by atoms with Crippen LogP contribution in [0.4, 0.5) is 0 Å². The number of hydrogen-bond acceptors (Lipinski definition) is 3. The number of carbonyl (C=O) groups excluding carboxylic acids is 1. The average Bonchev–Trinajstić information content (AvgIpc) is 2.80. The molecule has 1 aliphatic rings. The van der Waals surface area contributed by atoms with Crippen LogP contribution >= 0.6 is 0 Å². The molecule has 3 rings (SSSR count). The summed E-state index contributed by atoms with van der Waals surface area (Å²) in [5.74, 6) is 0.178. The normalized spacial score (nSPS) is 13.0. The van der Waals surface area contributed by atoms with Crippen molar-refractivity contribution >= 4 is 11.5 Å². The van der Waals surface area contributed by atoms with Gasteiger partial charge in [0, 0.05) is 29.5 Å². The van der Waals surface area contributed by atoms with E-state index in [1.807, 2.05) is 25.3 Å². The van der Waals surface area contributed by atoms with E-state index >= 15 is 0 Å². The third-order valence-electron chi connectivity index (χ3n) is 3.54. The summed E-state index contributed by atoms with van der Waals surface area (Å²) in [5, 5.41) is 0. The SMILES string of the molecule is CC(=O)Cc1cccc(-c2cnc3c(c2)C(C)=NC3)c1. The molecular formula is C17H16N2O. The maximum atomic E-state index is 11.2. The van der Waals surface area contributed by atoms with Gasteiger partial charge in [-0.2, -0.15) is 0 Å². The van der Waals surface area contributed by atoms with Crippen molar-refractivity contribution in [1.29, 1.82) is 0 Å². The number of pyridine rings is 1. The highest BCUT2D eigenvalue weighted by Crippen LogP contribution is 2.25. The number of carbonyl (C=O) groups is 1. The Labute approximate surface area is 118 Å². The molecule has 1 aliphatic heterocycles. The first-order valence-corrected chi connectivity index (χ1v) is 6.72. The lowest BCUT2D eigenvalue weighted by Crippen LogP contribution is -1.98. The molecule has 2 heterocycles. The maximum Gasteiger partial charge on any atom is 0.134 e. The number of hydrogen-bond donors (Lipinski definition) is 0. The molecule has 0 saturated carbocycles. The number of ketones is 1. The first-order chi connectivity index (χ1) is 9.63. The number of Topliss-reactive ketones (excluding diaryl/α,β-unsaturated/α-hetero) is 1. The molecule has 0 unspecified atom stereocenters. The van der Waals surface area contributed by atoms with Gasteiger partial charge in [-0.05, 0) is 31.0 Å². The Kier molecular flexibility index (Phi) is 3.18. The molecule has 0 aliphatic carbocycles. The lowest BCUT2D eigenvalue weighted by atomic mass is 10.00. The molecule has 1 aromatic heterocycles. The van der Waals surface area contributed by atoms with E-state index in [1.54, 1.807) is 6.92 Å². The van der Waals surface area contributed by atoms with E-state index in [2.05, 4.69) is 28.2 Å². The lowest BCUT2D eigenvalue weighted by molar-refractivity contribution is -0.116. The smallest absolute Gasteiger partial charge is 0.134 e. The first-order valence-electron chi connectivity index (χ1n) is 6.72. The van der Waals surface area contributed by atoms with Gasteiger partial charge in [0.2, 0.25) is 0 Å². The molecule has 20 heavy (non-hydrogen) atoms. The molecule has 0 amide bonds. The fraction of sp³-hybridized carbons (Fsp3) is 0.235. The zero-order chi connectivity index (χ0) is 14.1. The van der Waals surface area contributed by atoms with Gasteiger partial charge in [0.15, 0.2) is 0 Å². The van der Waals surface area contributed by atoms with Crippen molar-refractivity contribution in [1.82, 2.24) is 4.98 Å². The molecule has 0 fully saturated rings. The highest BCUT2D eigenvalue weighted by molar-refractivity contribution is 6.02. The van der Waals surface area contributed by atoms with Crippen LogP contribution in [0.25, 0.3) is 11.1 Å². The summed E-state index contributed by atoms with van der Waals surface area (Å²) in [7, 11) is 0. The van der Waals surface area contributed by atoms with E-state index in [0.717, 1.165) is 33.7 Å². The van der Waals surface area contributed by atoms with Crippen molar-refractivity contribution in [3.8, 4) is 11.1 Å². The predicted octanol–water partition coefficient (Wildman–Crippen LogP) is 3.20. The minimum atomic E-state index is 0.178. The predicted molar refractivity (Wildman–Crippen MR) is 80.0 cm³/mol. The highest BCUT2D eigenvalue weighted by atomic mass is 16.1. The summed E-state index contributed by atoms with van der Waals surface area (Å²) < 4.78 is 0. The second-order valence-corrected chi connectivity index (χ2v) is 5.20. The zero-order valence-electron chi connectivity index (χ0n) is 11.7. The van der Waals surface area contributed by atoms with Gasteiger partial charge in [-0.15, -0.1) is 0 Å². The fourth-order valence-corrected chi connectivity index (χ4v) is 2.52. The van der Waals surface area contributed by atoms with Crippen LogP contribution in [0.2, 0.25) is 0 Å². The summed E-state index contributed by atoms with van der Waals surface area (Å²) in [6, 6.07) is 10.2. The molecule has 2 aromatic rings. The van der Waals surface area contributed by atoms with E-state index in [4.69, 9.17) is 0 Å². The third-order valence-corrected chi connectivity index (χ3v) is 3.54. The van der Waals surface area contributed by atoms with Gasteiger partial charge in [0.05, 0.1) is 12.2 Å². The fourth-order valence-electron chi connectivity index (χ4n) is 2.52. The van der Waals surface area contributed by atoms with Crippen LogP contribution in [0.3, 0.4) is 0 Å². The lowest BCUT2D eigenvalue weighted by Gasteiger charge is -2.07. The van der Waals surface area contributed by atoms with E-state index in [0.29, 0.717) is 13.0 Å². The van der Waals surface area contributed by atoms with Gasteiger partial charge in [-0.1, -0.05) is 24.3 Å². The third kappa shape index (κ3) is 2.39. The Balaban J connectivity index is 1.99. The van der Waals surface area contributed by atoms with Gasteiger partial charge in [0.1, 0.15) is 5.78 Å². The first kappa shape index (κ1) is 12.7. The quantitative estimate of drug-likeness (QED) is 0.854. The minimum Gasteiger partial charge on any atom is -0.300 e. The van der Waals surface area contributed by atoms with Crippen LogP contribution in [-0.4, -0.2) is 16.5 Å². The van der Waals surface area contributed by atoms with Crippen LogP contribution in [0.5, 0.6) is 0 Å². The van der Waals surface area contributed by atoms with Gasteiger partial charge in [-0.25, -0.2) is 0 Å². The van der Waals surface area contributed by atoms with Gasteiger partial charge in [-0.3, -0.25) is 14.8 Å². The number of aromatic nitrogens is 1. The standard InChI is InChI=1S/C17H16N2O/c1-11(20)6-13-4-3-5-14(7-13)15-8-16-12(2)18-10-17(16)19-9-15/h3-5,7-9H,6,10H2,1-2H3. The molecule has 3 nitrogen and oxygen atoms in total. The van der Waals surface area contributed by atoms with Crippen molar-refractivity contribution in [3.05, 3.63) is 53.3 Å². The van der Waals surface area contributed by atoms with Crippen LogP contribution in [0.1, 0.15) is 30.7 Å². The summed E-state index contributed by atoms with van der Waals surface area (Å²) >= 11 is 0. The average molecular weight is 264 g/mol. The minimum absolute atomic E-state index is 0.178. The van der Waals surface area contributed by atoms with E-state index in [1.165, 1.54) is 0 Å². The van der Waals surface area contributed by atoms with E-state index < -0.39 is 0 Å². The number of benzene rings is 1.